The quantitative estimate of drug-likeness (QED) is 0.357. The molecule has 32 heavy (non-hydrogen) atoms. The Bertz CT molecular complexity index is 1400. The SMILES string of the molecule is CCOC(=O)[C@@H]1[C@H](C(=O)c2ccccc2)[C@@]12c1ccccc1-c1nc3ccccc3nc12. The fourth-order valence-electron chi connectivity index (χ4n) is 5.37. The zero-order valence-corrected chi connectivity index (χ0v) is 17.5. The molecule has 5 heteroatoms. The first-order chi connectivity index (χ1) is 15.7. The summed E-state index contributed by atoms with van der Waals surface area (Å²) in [5.41, 5.74) is 4.57. The van der Waals surface area contributed by atoms with Gasteiger partial charge in [-0.25, -0.2) is 9.97 Å². The number of ether oxygens (including phenoxy) is 1. The normalized spacial score (nSPS) is 22.4. The third kappa shape index (κ3) is 2.39. The highest BCUT2D eigenvalue weighted by Gasteiger charge is 2.77. The number of ketones is 1. The number of benzene rings is 3. The van der Waals surface area contributed by atoms with Gasteiger partial charge in [-0.3, -0.25) is 9.59 Å². The highest BCUT2D eigenvalue weighted by molar-refractivity contribution is 6.08. The van der Waals surface area contributed by atoms with Crippen molar-refractivity contribution in [1.29, 1.82) is 0 Å². The number of aromatic nitrogens is 2. The molecule has 1 spiro atoms. The van der Waals surface area contributed by atoms with E-state index in [1.807, 2.05) is 66.7 Å². The lowest BCUT2D eigenvalue weighted by Crippen LogP contribution is -2.18. The van der Waals surface area contributed by atoms with Gasteiger partial charge in [0.25, 0.3) is 0 Å². The van der Waals surface area contributed by atoms with Crippen molar-refractivity contribution >= 4 is 22.8 Å². The molecule has 4 aromatic rings. The number of esters is 1. The van der Waals surface area contributed by atoms with Crippen LogP contribution in [0.15, 0.2) is 78.9 Å². The summed E-state index contributed by atoms with van der Waals surface area (Å²) in [5, 5.41) is 0. The molecule has 0 saturated heterocycles. The number of rotatable bonds is 4. The highest BCUT2D eigenvalue weighted by atomic mass is 16.5. The summed E-state index contributed by atoms with van der Waals surface area (Å²) < 4.78 is 5.45. The summed E-state index contributed by atoms with van der Waals surface area (Å²) in [6.45, 7) is 2.04. The van der Waals surface area contributed by atoms with E-state index in [9.17, 15) is 9.59 Å². The van der Waals surface area contributed by atoms with Crippen LogP contribution in [0.3, 0.4) is 0 Å². The molecule has 0 aliphatic heterocycles. The zero-order valence-electron chi connectivity index (χ0n) is 17.5. The van der Waals surface area contributed by atoms with Gasteiger partial charge in [0.05, 0.1) is 46.3 Å². The third-order valence-corrected chi connectivity index (χ3v) is 6.68. The third-order valence-electron chi connectivity index (χ3n) is 6.68. The number of nitrogens with zero attached hydrogens (tertiary/aromatic N) is 2. The van der Waals surface area contributed by atoms with E-state index in [4.69, 9.17) is 14.7 Å². The Labute approximate surface area is 185 Å². The van der Waals surface area contributed by atoms with Crippen LogP contribution in [0.2, 0.25) is 0 Å². The maximum absolute atomic E-state index is 13.7. The molecule has 5 nitrogen and oxygen atoms in total. The number of fused-ring (bicyclic) bond motifs is 6. The van der Waals surface area contributed by atoms with Crippen LogP contribution in [0.5, 0.6) is 0 Å². The van der Waals surface area contributed by atoms with Gasteiger partial charge in [-0.15, -0.1) is 0 Å². The Kier molecular flexibility index (Phi) is 4.02. The monoisotopic (exact) mass is 420 g/mol. The molecule has 1 saturated carbocycles. The maximum atomic E-state index is 13.7. The van der Waals surface area contributed by atoms with Crippen molar-refractivity contribution in [3.05, 3.63) is 95.7 Å². The highest BCUT2D eigenvalue weighted by Crippen LogP contribution is 2.70. The van der Waals surface area contributed by atoms with E-state index in [1.54, 1.807) is 19.1 Å². The van der Waals surface area contributed by atoms with Crippen LogP contribution in [-0.4, -0.2) is 28.3 Å². The number of Topliss-reactive ketones (excluding diaryl/α,β-unsaturated/α-hetero) is 1. The van der Waals surface area contributed by atoms with E-state index >= 15 is 0 Å². The Morgan fingerprint density at radius 1 is 0.844 bits per heavy atom. The molecule has 2 aliphatic rings. The van der Waals surface area contributed by atoms with Crippen LogP contribution in [0.1, 0.15) is 28.5 Å². The van der Waals surface area contributed by atoms with Crippen molar-refractivity contribution in [2.75, 3.05) is 6.61 Å². The number of hydrogen-bond donors (Lipinski definition) is 0. The van der Waals surface area contributed by atoms with E-state index < -0.39 is 17.3 Å². The molecule has 0 N–H and O–H groups in total. The molecule has 2 aliphatic carbocycles. The Morgan fingerprint density at radius 3 is 2.25 bits per heavy atom. The van der Waals surface area contributed by atoms with Gasteiger partial charge in [0.1, 0.15) is 0 Å². The van der Waals surface area contributed by atoms with Gasteiger partial charge >= 0.3 is 5.97 Å². The number of carbonyl (C=O) groups is 2. The lowest BCUT2D eigenvalue weighted by molar-refractivity contribution is -0.145. The van der Waals surface area contributed by atoms with Crippen molar-refractivity contribution < 1.29 is 14.3 Å². The van der Waals surface area contributed by atoms with Gasteiger partial charge in [-0.2, -0.15) is 0 Å². The second kappa shape index (κ2) is 6.82. The van der Waals surface area contributed by atoms with E-state index in [-0.39, 0.29) is 18.4 Å². The van der Waals surface area contributed by atoms with Crippen molar-refractivity contribution in [3.63, 3.8) is 0 Å². The van der Waals surface area contributed by atoms with E-state index in [0.29, 0.717) is 11.3 Å². The molecule has 1 heterocycles. The summed E-state index contributed by atoms with van der Waals surface area (Å²) in [7, 11) is 0. The fourth-order valence-corrected chi connectivity index (χ4v) is 5.37. The second-order valence-corrected chi connectivity index (χ2v) is 8.26. The minimum absolute atomic E-state index is 0.0683. The second-order valence-electron chi connectivity index (χ2n) is 8.26. The predicted molar refractivity (Wildman–Crippen MR) is 120 cm³/mol. The first-order valence-electron chi connectivity index (χ1n) is 10.8. The Balaban J connectivity index is 1.62. The average molecular weight is 420 g/mol. The lowest BCUT2D eigenvalue weighted by Gasteiger charge is -2.14. The lowest BCUT2D eigenvalue weighted by atomic mass is 9.90. The van der Waals surface area contributed by atoms with Gasteiger partial charge in [-0.1, -0.05) is 66.7 Å². The van der Waals surface area contributed by atoms with Crippen molar-refractivity contribution in [1.82, 2.24) is 9.97 Å². The minimum atomic E-state index is -0.859. The van der Waals surface area contributed by atoms with E-state index in [0.717, 1.165) is 27.9 Å². The van der Waals surface area contributed by atoms with Gasteiger partial charge in [0, 0.05) is 11.1 Å². The van der Waals surface area contributed by atoms with E-state index in [1.165, 1.54) is 0 Å². The molecule has 1 aromatic heterocycles. The van der Waals surface area contributed by atoms with Crippen LogP contribution in [-0.2, 0) is 14.9 Å². The largest absolute Gasteiger partial charge is 0.466 e. The summed E-state index contributed by atoms with van der Waals surface area (Å²) in [6, 6.07) is 24.7. The summed E-state index contributed by atoms with van der Waals surface area (Å²) in [4.78, 5) is 36.8. The smallest absolute Gasteiger partial charge is 0.311 e. The molecule has 6 rings (SSSR count). The predicted octanol–water partition coefficient (Wildman–Crippen LogP) is 4.59. The van der Waals surface area contributed by atoms with Crippen LogP contribution in [0.25, 0.3) is 22.3 Å². The average Bonchev–Trinajstić information content (AvgIpc) is 3.46. The zero-order chi connectivity index (χ0) is 21.9. The van der Waals surface area contributed by atoms with Gasteiger partial charge in [-0.05, 0) is 24.6 Å². The van der Waals surface area contributed by atoms with Gasteiger partial charge in [0.2, 0.25) is 0 Å². The molecule has 0 amide bonds. The number of carbonyl (C=O) groups excluding carboxylic acids is 2. The maximum Gasteiger partial charge on any atom is 0.311 e. The summed E-state index contributed by atoms with van der Waals surface area (Å²) in [5.74, 6) is -1.64. The van der Waals surface area contributed by atoms with Crippen molar-refractivity contribution in [2.24, 2.45) is 11.8 Å². The Hall–Kier alpha value is -3.86. The van der Waals surface area contributed by atoms with Crippen LogP contribution >= 0.6 is 0 Å². The summed E-state index contributed by atoms with van der Waals surface area (Å²) >= 11 is 0. The molecule has 0 bridgehead atoms. The first-order valence-corrected chi connectivity index (χ1v) is 10.8. The van der Waals surface area contributed by atoms with Crippen molar-refractivity contribution in [2.45, 2.75) is 12.3 Å². The molecule has 0 unspecified atom stereocenters. The fraction of sp³-hybridized carbons (Fsp3) is 0.185. The van der Waals surface area contributed by atoms with Crippen molar-refractivity contribution in [3.8, 4) is 11.3 Å². The molecular weight excluding hydrogens is 400 g/mol. The van der Waals surface area contributed by atoms with Gasteiger partial charge < -0.3 is 4.74 Å². The summed E-state index contributed by atoms with van der Waals surface area (Å²) in [6.07, 6.45) is 0. The minimum Gasteiger partial charge on any atom is -0.466 e. The molecule has 156 valence electrons. The Morgan fingerprint density at radius 2 is 1.50 bits per heavy atom. The molecule has 1 fully saturated rings. The van der Waals surface area contributed by atoms with Crippen LogP contribution < -0.4 is 0 Å². The molecule has 3 aromatic carbocycles. The van der Waals surface area contributed by atoms with Crippen LogP contribution in [0.4, 0.5) is 0 Å². The van der Waals surface area contributed by atoms with Gasteiger partial charge in [0.15, 0.2) is 5.78 Å². The standard InChI is InChI=1S/C27H20N2O3/c1-2-32-26(31)22-21(24(30)16-10-4-3-5-11-16)27(22)18-13-7-6-12-17(18)23-25(27)29-20-15-9-8-14-19(20)28-23/h3-15,21-22H,2H2,1H3/t21-,22+,27+/m1/s1. The van der Waals surface area contributed by atoms with E-state index in [2.05, 4.69) is 0 Å². The molecule has 3 atom stereocenters. The molecular formula is C27H20N2O3. The number of para-hydroxylation sites is 2. The first kappa shape index (κ1) is 18.9. The van der Waals surface area contributed by atoms with Crippen LogP contribution in [0, 0.1) is 11.8 Å². The molecule has 0 radical (unpaired) electrons. The number of hydrogen-bond acceptors (Lipinski definition) is 5. The topological polar surface area (TPSA) is 69.2 Å².